The standard InChI is InChI=1S/C11H16O2/c1-4-7-10(2)8-5-6-9-11(12)13-3/h4,6-7,9H,1,5,8H2,2-3H3/b9-6+,10-7+. The van der Waals surface area contributed by atoms with Crippen molar-refractivity contribution in [1.29, 1.82) is 0 Å². The molecule has 0 bridgehead atoms. The van der Waals surface area contributed by atoms with Gasteiger partial charge >= 0.3 is 5.97 Å². The van der Waals surface area contributed by atoms with Crippen molar-refractivity contribution in [3.63, 3.8) is 0 Å². The van der Waals surface area contributed by atoms with E-state index in [0.29, 0.717) is 0 Å². The van der Waals surface area contributed by atoms with Gasteiger partial charge in [-0.05, 0) is 19.8 Å². The van der Waals surface area contributed by atoms with Gasteiger partial charge in [-0.2, -0.15) is 0 Å². The van der Waals surface area contributed by atoms with Crippen molar-refractivity contribution in [2.24, 2.45) is 0 Å². The Labute approximate surface area is 79.6 Å². The maximum Gasteiger partial charge on any atom is 0.330 e. The minimum Gasteiger partial charge on any atom is -0.466 e. The Morgan fingerprint density at radius 2 is 2.23 bits per heavy atom. The molecule has 0 aromatic heterocycles. The summed E-state index contributed by atoms with van der Waals surface area (Å²) >= 11 is 0. The van der Waals surface area contributed by atoms with Crippen molar-refractivity contribution < 1.29 is 9.53 Å². The molecule has 0 atom stereocenters. The van der Waals surface area contributed by atoms with Gasteiger partial charge in [-0.3, -0.25) is 0 Å². The molecule has 0 amide bonds. The molecule has 0 saturated heterocycles. The van der Waals surface area contributed by atoms with Crippen LogP contribution in [0.3, 0.4) is 0 Å². The number of methoxy groups -OCH3 is 1. The van der Waals surface area contributed by atoms with Gasteiger partial charge in [0.2, 0.25) is 0 Å². The number of hydrogen-bond acceptors (Lipinski definition) is 2. The minimum absolute atomic E-state index is 0.301. The van der Waals surface area contributed by atoms with E-state index in [9.17, 15) is 4.79 Å². The topological polar surface area (TPSA) is 26.3 Å². The molecular weight excluding hydrogens is 164 g/mol. The van der Waals surface area contributed by atoms with Crippen LogP contribution in [0.2, 0.25) is 0 Å². The first-order valence-corrected chi connectivity index (χ1v) is 4.23. The number of allylic oxidation sites excluding steroid dienone is 4. The first-order chi connectivity index (χ1) is 6.20. The van der Waals surface area contributed by atoms with E-state index in [1.807, 2.05) is 19.1 Å². The van der Waals surface area contributed by atoms with Gasteiger partial charge in [0.1, 0.15) is 0 Å². The molecule has 0 aliphatic carbocycles. The Morgan fingerprint density at radius 3 is 2.77 bits per heavy atom. The highest BCUT2D eigenvalue weighted by atomic mass is 16.5. The SMILES string of the molecule is C=C/C=C(\C)CC/C=C/C(=O)OC. The molecule has 0 N–H and O–H groups in total. The third-order valence-electron chi connectivity index (χ3n) is 1.56. The molecule has 0 aromatic carbocycles. The molecule has 0 aromatic rings. The summed E-state index contributed by atoms with van der Waals surface area (Å²) in [6, 6.07) is 0. The Morgan fingerprint density at radius 1 is 1.54 bits per heavy atom. The van der Waals surface area contributed by atoms with Crippen molar-refractivity contribution in [3.05, 3.63) is 36.5 Å². The van der Waals surface area contributed by atoms with E-state index in [-0.39, 0.29) is 5.97 Å². The largest absolute Gasteiger partial charge is 0.466 e. The van der Waals surface area contributed by atoms with Crippen molar-refractivity contribution in [2.45, 2.75) is 19.8 Å². The maximum atomic E-state index is 10.6. The van der Waals surface area contributed by atoms with Crippen LogP contribution in [-0.4, -0.2) is 13.1 Å². The van der Waals surface area contributed by atoms with Gasteiger partial charge in [0.15, 0.2) is 0 Å². The Bertz CT molecular complexity index is 224. The summed E-state index contributed by atoms with van der Waals surface area (Å²) < 4.78 is 4.45. The lowest BCUT2D eigenvalue weighted by molar-refractivity contribution is -0.134. The monoisotopic (exact) mass is 180 g/mol. The summed E-state index contributed by atoms with van der Waals surface area (Å²) in [5.41, 5.74) is 1.25. The molecule has 72 valence electrons. The van der Waals surface area contributed by atoms with Gasteiger partial charge in [0.25, 0.3) is 0 Å². The second-order valence-corrected chi connectivity index (χ2v) is 2.71. The van der Waals surface area contributed by atoms with Gasteiger partial charge in [0.05, 0.1) is 7.11 Å². The van der Waals surface area contributed by atoms with Crippen LogP contribution in [0.5, 0.6) is 0 Å². The fourth-order valence-electron chi connectivity index (χ4n) is 0.843. The first-order valence-electron chi connectivity index (χ1n) is 4.23. The van der Waals surface area contributed by atoms with Crippen molar-refractivity contribution in [3.8, 4) is 0 Å². The van der Waals surface area contributed by atoms with E-state index in [1.165, 1.54) is 18.8 Å². The second-order valence-electron chi connectivity index (χ2n) is 2.71. The maximum absolute atomic E-state index is 10.6. The minimum atomic E-state index is -0.301. The van der Waals surface area contributed by atoms with Crippen LogP contribution in [0.1, 0.15) is 19.8 Å². The molecule has 2 heteroatoms. The van der Waals surface area contributed by atoms with Crippen LogP contribution in [-0.2, 0) is 9.53 Å². The molecule has 13 heavy (non-hydrogen) atoms. The summed E-state index contributed by atoms with van der Waals surface area (Å²) in [5.74, 6) is -0.301. The third kappa shape index (κ3) is 7.06. The lowest BCUT2D eigenvalue weighted by atomic mass is 10.1. The molecular formula is C11H16O2. The Kier molecular flexibility index (Phi) is 6.60. The molecule has 0 radical (unpaired) electrons. The fraction of sp³-hybridized carbons (Fsp3) is 0.364. The van der Waals surface area contributed by atoms with Crippen molar-refractivity contribution in [2.75, 3.05) is 7.11 Å². The third-order valence-corrected chi connectivity index (χ3v) is 1.56. The molecule has 2 nitrogen and oxygen atoms in total. The summed E-state index contributed by atoms with van der Waals surface area (Å²) in [4.78, 5) is 10.6. The Hall–Kier alpha value is -1.31. The normalized spacial score (nSPS) is 11.7. The smallest absolute Gasteiger partial charge is 0.330 e. The van der Waals surface area contributed by atoms with E-state index in [2.05, 4.69) is 11.3 Å². The fourth-order valence-corrected chi connectivity index (χ4v) is 0.843. The number of rotatable bonds is 5. The van der Waals surface area contributed by atoms with Gasteiger partial charge < -0.3 is 4.74 Å². The van der Waals surface area contributed by atoms with Crippen LogP contribution in [0.15, 0.2) is 36.5 Å². The van der Waals surface area contributed by atoms with E-state index in [4.69, 9.17) is 0 Å². The number of ether oxygens (including phenoxy) is 1. The summed E-state index contributed by atoms with van der Waals surface area (Å²) in [6.45, 7) is 5.64. The highest BCUT2D eigenvalue weighted by Gasteiger charge is 1.90. The van der Waals surface area contributed by atoms with Crippen LogP contribution in [0, 0.1) is 0 Å². The lowest BCUT2D eigenvalue weighted by Crippen LogP contribution is -1.93. The molecule has 0 aliphatic rings. The number of hydrogen-bond donors (Lipinski definition) is 0. The summed E-state index contributed by atoms with van der Waals surface area (Å²) in [5, 5.41) is 0. The average molecular weight is 180 g/mol. The number of carbonyl (C=O) groups excluding carboxylic acids is 1. The molecule has 0 rings (SSSR count). The van der Waals surface area contributed by atoms with E-state index in [0.717, 1.165) is 12.8 Å². The quantitative estimate of drug-likeness (QED) is 0.369. The zero-order valence-electron chi connectivity index (χ0n) is 8.25. The van der Waals surface area contributed by atoms with Gasteiger partial charge in [-0.15, -0.1) is 0 Å². The molecule has 0 saturated carbocycles. The van der Waals surface area contributed by atoms with Crippen molar-refractivity contribution in [1.82, 2.24) is 0 Å². The molecule has 0 aliphatic heterocycles. The molecule has 0 unspecified atom stereocenters. The van der Waals surface area contributed by atoms with Crippen LogP contribution < -0.4 is 0 Å². The second kappa shape index (κ2) is 7.35. The number of esters is 1. The van der Waals surface area contributed by atoms with Crippen LogP contribution >= 0.6 is 0 Å². The van der Waals surface area contributed by atoms with E-state index in [1.54, 1.807) is 6.08 Å². The highest BCUT2D eigenvalue weighted by molar-refractivity contribution is 5.81. The summed E-state index contributed by atoms with van der Waals surface area (Å²) in [6.07, 6.45) is 8.78. The summed E-state index contributed by atoms with van der Waals surface area (Å²) in [7, 11) is 1.37. The number of carbonyl (C=O) groups is 1. The molecule has 0 spiro atoms. The van der Waals surface area contributed by atoms with Gasteiger partial charge in [0, 0.05) is 6.08 Å². The average Bonchev–Trinajstić information content (AvgIpc) is 2.12. The van der Waals surface area contributed by atoms with Gasteiger partial charge in [-0.25, -0.2) is 4.79 Å². The predicted molar refractivity (Wildman–Crippen MR) is 54.3 cm³/mol. The zero-order chi connectivity index (χ0) is 10.1. The van der Waals surface area contributed by atoms with Crippen molar-refractivity contribution >= 4 is 5.97 Å². The van der Waals surface area contributed by atoms with Crippen LogP contribution in [0.4, 0.5) is 0 Å². The van der Waals surface area contributed by atoms with E-state index >= 15 is 0 Å². The zero-order valence-corrected chi connectivity index (χ0v) is 8.25. The lowest BCUT2D eigenvalue weighted by Gasteiger charge is -1.94. The Balaban J connectivity index is 3.67. The first kappa shape index (κ1) is 11.7. The molecule has 0 heterocycles. The van der Waals surface area contributed by atoms with Gasteiger partial charge in [-0.1, -0.05) is 30.4 Å². The highest BCUT2D eigenvalue weighted by Crippen LogP contribution is 2.04. The van der Waals surface area contributed by atoms with E-state index < -0.39 is 0 Å². The van der Waals surface area contributed by atoms with Crippen LogP contribution in [0.25, 0.3) is 0 Å². The molecule has 0 fully saturated rings. The predicted octanol–water partition coefficient (Wildman–Crippen LogP) is 2.63.